The van der Waals surface area contributed by atoms with Gasteiger partial charge in [0.05, 0.1) is 12.2 Å². The number of aliphatic imine (C=N–C) groups is 1. The van der Waals surface area contributed by atoms with Gasteiger partial charge in [0.25, 0.3) is 0 Å². The number of oxazole rings is 1. The average Bonchev–Trinajstić information content (AvgIpc) is 3.11. The van der Waals surface area contributed by atoms with E-state index in [4.69, 9.17) is 4.42 Å². The first kappa shape index (κ1) is 17.7. The van der Waals surface area contributed by atoms with Gasteiger partial charge in [0.1, 0.15) is 6.26 Å². The number of aryl methyl sites for hydroxylation is 2. The second-order valence-corrected chi connectivity index (χ2v) is 6.28. The average molecular weight is 348 g/mol. The van der Waals surface area contributed by atoms with Gasteiger partial charge in [-0.05, 0) is 31.5 Å². The Morgan fingerprint density at radius 1 is 1.00 bits per heavy atom. The first-order valence-electron chi connectivity index (χ1n) is 8.65. The van der Waals surface area contributed by atoms with Gasteiger partial charge in [0.2, 0.25) is 5.89 Å². The highest BCUT2D eigenvalue weighted by atomic mass is 16.3. The number of aromatic nitrogens is 1. The van der Waals surface area contributed by atoms with E-state index in [2.05, 4.69) is 70.9 Å². The molecular weight excluding hydrogens is 324 g/mol. The highest BCUT2D eigenvalue weighted by Gasteiger charge is 2.07. The van der Waals surface area contributed by atoms with Crippen molar-refractivity contribution in [1.29, 1.82) is 0 Å². The Bertz CT molecular complexity index is 881. The molecule has 0 saturated carbocycles. The van der Waals surface area contributed by atoms with Gasteiger partial charge >= 0.3 is 0 Å². The summed E-state index contributed by atoms with van der Waals surface area (Å²) in [4.78, 5) is 8.79. The van der Waals surface area contributed by atoms with E-state index < -0.39 is 0 Å². The van der Waals surface area contributed by atoms with Crippen molar-refractivity contribution >= 4 is 5.96 Å². The first-order chi connectivity index (χ1) is 12.6. The maximum Gasteiger partial charge on any atom is 0.226 e. The first-order valence-corrected chi connectivity index (χ1v) is 8.65. The van der Waals surface area contributed by atoms with E-state index >= 15 is 0 Å². The number of hydrogen-bond donors (Lipinski definition) is 2. The van der Waals surface area contributed by atoms with Gasteiger partial charge in [-0.1, -0.05) is 47.5 Å². The minimum atomic E-state index is 0.544. The van der Waals surface area contributed by atoms with Crippen LogP contribution in [-0.2, 0) is 13.1 Å². The van der Waals surface area contributed by atoms with Gasteiger partial charge in [-0.3, -0.25) is 4.99 Å². The largest absolute Gasteiger partial charge is 0.444 e. The smallest absolute Gasteiger partial charge is 0.226 e. The lowest BCUT2D eigenvalue weighted by Crippen LogP contribution is -2.36. The number of rotatable bonds is 5. The summed E-state index contributed by atoms with van der Waals surface area (Å²) in [6.45, 7) is 5.41. The fraction of sp³-hybridized carbons (Fsp3) is 0.238. The Kier molecular flexibility index (Phi) is 5.69. The summed E-state index contributed by atoms with van der Waals surface area (Å²) in [7, 11) is 1.76. The second kappa shape index (κ2) is 8.34. The monoisotopic (exact) mass is 348 g/mol. The standard InChI is InChI=1S/C21H24N4O/c1-15-7-9-18(10-8-15)20-25-19(14-26-20)13-24-21(22-3)23-12-17-6-4-5-16(2)11-17/h4-11,14H,12-13H2,1-3H3,(H2,22,23,24). The fourth-order valence-corrected chi connectivity index (χ4v) is 2.62. The predicted octanol–water partition coefficient (Wildman–Crippen LogP) is 3.82. The number of nitrogens with one attached hydrogen (secondary N) is 2. The molecule has 2 aromatic carbocycles. The molecule has 0 spiro atoms. The third-order valence-electron chi connectivity index (χ3n) is 4.05. The molecule has 5 heteroatoms. The van der Waals surface area contributed by atoms with Gasteiger partial charge in [-0.25, -0.2) is 4.98 Å². The van der Waals surface area contributed by atoms with Crippen molar-refractivity contribution in [3.8, 4) is 11.5 Å². The van der Waals surface area contributed by atoms with E-state index in [0.717, 1.165) is 23.8 Å². The molecular formula is C21H24N4O. The minimum absolute atomic E-state index is 0.544. The van der Waals surface area contributed by atoms with Gasteiger partial charge in [-0.2, -0.15) is 0 Å². The van der Waals surface area contributed by atoms with Crippen LogP contribution >= 0.6 is 0 Å². The summed E-state index contributed by atoms with van der Waals surface area (Å²) in [6, 6.07) is 16.5. The Morgan fingerprint density at radius 2 is 1.77 bits per heavy atom. The van der Waals surface area contributed by atoms with Crippen LogP contribution in [0.2, 0.25) is 0 Å². The van der Waals surface area contributed by atoms with E-state index in [9.17, 15) is 0 Å². The van der Waals surface area contributed by atoms with Crippen LogP contribution in [0, 0.1) is 13.8 Å². The lowest BCUT2D eigenvalue weighted by atomic mass is 10.1. The summed E-state index contributed by atoms with van der Waals surface area (Å²) in [5.41, 5.74) is 5.49. The van der Waals surface area contributed by atoms with Gasteiger partial charge in [0.15, 0.2) is 5.96 Å². The normalized spacial score (nSPS) is 11.4. The molecule has 5 nitrogen and oxygen atoms in total. The zero-order valence-electron chi connectivity index (χ0n) is 15.4. The summed E-state index contributed by atoms with van der Waals surface area (Å²) >= 11 is 0. The zero-order valence-corrected chi connectivity index (χ0v) is 15.4. The van der Waals surface area contributed by atoms with Gasteiger partial charge in [-0.15, -0.1) is 0 Å². The van der Waals surface area contributed by atoms with Crippen LogP contribution in [0.25, 0.3) is 11.5 Å². The molecule has 0 saturated heterocycles. The molecule has 0 aliphatic heterocycles. The maximum atomic E-state index is 5.59. The van der Waals surface area contributed by atoms with Crippen molar-refractivity contribution in [3.05, 3.63) is 77.2 Å². The van der Waals surface area contributed by atoms with Crippen LogP contribution in [0.1, 0.15) is 22.4 Å². The minimum Gasteiger partial charge on any atom is -0.444 e. The molecule has 0 fully saturated rings. The molecule has 0 aliphatic carbocycles. The Hall–Kier alpha value is -3.08. The molecule has 1 aromatic heterocycles. The van der Waals surface area contributed by atoms with Crippen molar-refractivity contribution < 1.29 is 4.42 Å². The zero-order chi connectivity index (χ0) is 18.4. The molecule has 26 heavy (non-hydrogen) atoms. The van der Waals surface area contributed by atoms with E-state index in [1.165, 1.54) is 16.7 Å². The molecule has 0 aliphatic rings. The van der Waals surface area contributed by atoms with Crippen molar-refractivity contribution in [2.24, 2.45) is 4.99 Å². The molecule has 3 rings (SSSR count). The third-order valence-corrected chi connectivity index (χ3v) is 4.05. The number of guanidine groups is 1. The molecule has 0 atom stereocenters. The molecule has 134 valence electrons. The third kappa shape index (κ3) is 4.72. The van der Waals surface area contributed by atoms with Crippen molar-refractivity contribution in [1.82, 2.24) is 15.6 Å². The quantitative estimate of drug-likeness (QED) is 0.543. The molecule has 2 N–H and O–H groups in total. The number of hydrogen-bond acceptors (Lipinski definition) is 3. The van der Waals surface area contributed by atoms with E-state index in [1.54, 1.807) is 13.3 Å². The Balaban J connectivity index is 1.55. The molecule has 0 bridgehead atoms. The lowest BCUT2D eigenvalue weighted by molar-refractivity contribution is 0.572. The number of nitrogens with zero attached hydrogens (tertiary/aromatic N) is 2. The van der Waals surface area contributed by atoms with E-state index in [0.29, 0.717) is 12.4 Å². The van der Waals surface area contributed by atoms with Crippen molar-refractivity contribution in [2.45, 2.75) is 26.9 Å². The fourth-order valence-electron chi connectivity index (χ4n) is 2.62. The van der Waals surface area contributed by atoms with Crippen LogP contribution in [-0.4, -0.2) is 18.0 Å². The van der Waals surface area contributed by atoms with Gasteiger partial charge in [0, 0.05) is 19.2 Å². The highest BCUT2D eigenvalue weighted by molar-refractivity contribution is 5.79. The molecule has 0 amide bonds. The molecule has 1 heterocycles. The molecule has 3 aromatic rings. The van der Waals surface area contributed by atoms with E-state index in [1.807, 2.05) is 12.1 Å². The Labute approximate surface area is 154 Å². The summed E-state index contributed by atoms with van der Waals surface area (Å²) in [5, 5.41) is 6.57. The number of benzene rings is 2. The summed E-state index contributed by atoms with van der Waals surface area (Å²) in [5.74, 6) is 1.36. The lowest BCUT2D eigenvalue weighted by Gasteiger charge is -2.11. The summed E-state index contributed by atoms with van der Waals surface area (Å²) in [6.07, 6.45) is 1.68. The Morgan fingerprint density at radius 3 is 2.50 bits per heavy atom. The predicted molar refractivity (Wildman–Crippen MR) is 105 cm³/mol. The summed E-state index contributed by atoms with van der Waals surface area (Å²) < 4.78 is 5.59. The molecule has 0 radical (unpaired) electrons. The van der Waals surface area contributed by atoms with Crippen LogP contribution in [0.5, 0.6) is 0 Å². The van der Waals surface area contributed by atoms with Crippen LogP contribution in [0.3, 0.4) is 0 Å². The van der Waals surface area contributed by atoms with Crippen LogP contribution < -0.4 is 10.6 Å². The van der Waals surface area contributed by atoms with Crippen LogP contribution in [0.4, 0.5) is 0 Å². The van der Waals surface area contributed by atoms with Crippen molar-refractivity contribution in [2.75, 3.05) is 7.05 Å². The second-order valence-electron chi connectivity index (χ2n) is 6.28. The van der Waals surface area contributed by atoms with Crippen molar-refractivity contribution in [3.63, 3.8) is 0 Å². The van der Waals surface area contributed by atoms with Crippen LogP contribution in [0.15, 0.2) is 64.2 Å². The molecule has 0 unspecified atom stereocenters. The van der Waals surface area contributed by atoms with Gasteiger partial charge < -0.3 is 15.1 Å². The SMILES string of the molecule is CN=C(NCc1cccc(C)c1)NCc1coc(-c2ccc(C)cc2)n1. The maximum absolute atomic E-state index is 5.59. The highest BCUT2D eigenvalue weighted by Crippen LogP contribution is 2.18. The van der Waals surface area contributed by atoms with E-state index in [-0.39, 0.29) is 0 Å². The topological polar surface area (TPSA) is 62.5 Å².